The number of amides is 2. The first-order valence-corrected chi connectivity index (χ1v) is 12.3. The van der Waals surface area contributed by atoms with Gasteiger partial charge >= 0.3 is 6.18 Å². The van der Waals surface area contributed by atoms with Gasteiger partial charge in [0.15, 0.2) is 0 Å². The van der Waals surface area contributed by atoms with Gasteiger partial charge in [-0.15, -0.1) is 0 Å². The highest BCUT2D eigenvalue weighted by Gasteiger charge is 2.30. The molecule has 4 aromatic rings. The minimum absolute atomic E-state index is 0.0280. The summed E-state index contributed by atoms with van der Waals surface area (Å²) in [5.74, 6) is -0.315. The third-order valence-corrected chi connectivity index (χ3v) is 6.16. The zero-order chi connectivity index (χ0) is 27.1. The lowest BCUT2D eigenvalue weighted by molar-refractivity contribution is -0.137. The molecule has 0 unspecified atom stereocenters. The number of benzene rings is 4. The van der Waals surface area contributed by atoms with Crippen molar-refractivity contribution >= 4 is 39.1 Å². The Balaban J connectivity index is 1.33. The predicted octanol–water partition coefficient (Wildman–Crippen LogP) is 7.59. The first-order chi connectivity index (χ1) is 18.2. The van der Waals surface area contributed by atoms with Gasteiger partial charge in [0, 0.05) is 28.9 Å². The predicted molar refractivity (Wildman–Crippen MR) is 144 cm³/mol. The van der Waals surface area contributed by atoms with E-state index in [0.29, 0.717) is 28.1 Å². The van der Waals surface area contributed by atoms with Crippen LogP contribution in [0, 0.1) is 0 Å². The summed E-state index contributed by atoms with van der Waals surface area (Å²) in [6.45, 7) is 0.488. The summed E-state index contributed by atoms with van der Waals surface area (Å²) in [6.07, 6.45) is -3.75. The Labute approximate surface area is 225 Å². The summed E-state index contributed by atoms with van der Waals surface area (Å²) in [4.78, 5) is 25.2. The number of carbonyl (C=O) groups excluding carboxylic acids is 2. The molecule has 0 saturated carbocycles. The monoisotopic (exact) mass is 582 g/mol. The quantitative estimate of drug-likeness (QED) is 0.225. The van der Waals surface area contributed by atoms with E-state index in [9.17, 15) is 22.8 Å². The van der Waals surface area contributed by atoms with E-state index in [1.165, 1.54) is 42.0 Å². The largest absolute Gasteiger partial charge is 0.492 e. The minimum Gasteiger partial charge on any atom is -0.492 e. The maximum absolute atomic E-state index is 12.9. The molecular formula is C29H22BrF3N2O3. The molecule has 0 heterocycles. The number of halogens is 4. The fraction of sp³-hybridized carbons (Fsp3) is 0.103. The lowest BCUT2D eigenvalue weighted by Crippen LogP contribution is -2.14. The van der Waals surface area contributed by atoms with Crippen LogP contribution < -0.4 is 15.4 Å². The maximum atomic E-state index is 12.9. The van der Waals surface area contributed by atoms with Gasteiger partial charge in [0.25, 0.3) is 11.8 Å². The number of anilines is 2. The molecule has 0 aliphatic carbocycles. The maximum Gasteiger partial charge on any atom is 0.416 e. The third kappa shape index (κ3) is 7.23. The van der Waals surface area contributed by atoms with Crippen molar-refractivity contribution < 1.29 is 27.5 Å². The summed E-state index contributed by atoms with van der Waals surface area (Å²) < 4.78 is 45.1. The van der Waals surface area contributed by atoms with Crippen LogP contribution in [0.2, 0.25) is 0 Å². The van der Waals surface area contributed by atoms with E-state index >= 15 is 0 Å². The van der Waals surface area contributed by atoms with Crippen LogP contribution in [0.25, 0.3) is 0 Å². The first kappa shape index (κ1) is 26.9. The van der Waals surface area contributed by atoms with E-state index in [-0.39, 0.29) is 17.2 Å². The van der Waals surface area contributed by atoms with E-state index in [2.05, 4.69) is 26.6 Å². The summed E-state index contributed by atoms with van der Waals surface area (Å²) in [5.41, 5.74) is 1.41. The molecule has 4 aromatic carbocycles. The van der Waals surface area contributed by atoms with Gasteiger partial charge < -0.3 is 15.4 Å². The molecular weight excluding hydrogens is 561 g/mol. The zero-order valence-electron chi connectivity index (χ0n) is 19.9. The second kappa shape index (κ2) is 12.0. The second-order valence-corrected chi connectivity index (χ2v) is 9.15. The molecule has 0 saturated heterocycles. The SMILES string of the molecule is O=C(Nc1cccc(C(F)(F)F)c1)c1ccc(NC(=O)c2ccc(OCCc3ccccc3)c(Br)c2)cc1. The Hall–Kier alpha value is -4.11. The van der Waals surface area contributed by atoms with E-state index < -0.39 is 17.6 Å². The van der Waals surface area contributed by atoms with Crippen LogP contribution in [0.1, 0.15) is 31.8 Å². The Bertz CT molecular complexity index is 1430. The fourth-order valence-electron chi connectivity index (χ4n) is 3.57. The molecule has 9 heteroatoms. The topological polar surface area (TPSA) is 67.4 Å². The molecule has 38 heavy (non-hydrogen) atoms. The average Bonchev–Trinajstić information content (AvgIpc) is 2.90. The fourth-order valence-corrected chi connectivity index (χ4v) is 4.06. The summed E-state index contributed by atoms with van der Waals surface area (Å²) >= 11 is 3.44. The molecule has 0 aromatic heterocycles. The standard InChI is InChI=1S/C29H22BrF3N2O3/c30-25-17-21(11-14-26(25)38-16-15-19-5-2-1-3-6-19)28(37)34-23-12-9-20(10-13-23)27(36)35-24-8-4-7-22(18-24)29(31,32)33/h1-14,17-18H,15-16H2,(H,34,37)(H,35,36). The normalized spacial score (nSPS) is 11.1. The summed E-state index contributed by atoms with van der Waals surface area (Å²) in [6, 6.07) is 25.4. The van der Waals surface area contributed by atoms with Crippen LogP contribution in [0.4, 0.5) is 24.5 Å². The van der Waals surface area contributed by atoms with Crippen molar-refractivity contribution in [3.05, 3.63) is 124 Å². The molecule has 0 fully saturated rings. The smallest absolute Gasteiger partial charge is 0.416 e. The number of alkyl halides is 3. The zero-order valence-corrected chi connectivity index (χ0v) is 21.5. The van der Waals surface area contributed by atoms with Gasteiger partial charge in [-0.2, -0.15) is 13.2 Å². The molecule has 2 N–H and O–H groups in total. The van der Waals surface area contributed by atoms with Crippen molar-refractivity contribution in [3.63, 3.8) is 0 Å². The number of rotatable bonds is 8. The molecule has 4 rings (SSSR count). The van der Waals surface area contributed by atoms with Crippen LogP contribution in [0.15, 0.2) is 102 Å². The van der Waals surface area contributed by atoms with Crippen molar-refractivity contribution in [2.75, 3.05) is 17.2 Å². The minimum atomic E-state index is -4.51. The van der Waals surface area contributed by atoms with E-state index in [1.807, 2.05) is 30.3 Å². The van der Waals surface area contributed by atoms with Gasteiger partial charge in [0.05, 0.1) is 16.6 Å². The number of carbonyl (C=O) groups is 2. The van der Waals surface area contributed by atoms with Crippen LogP contribution in [0.3, 0.4) is 0 Å². The summed E-state index contributed by atoms with van der Waals surface area (Å²) in [7, 11) is 0. The van der Waals surface area contributed by atoms with Crippen molar-refractivity contribution in [1.82, 2.24) is 0 Å². The van der Waals surface area contributed by atoms with Gasteiger partial charge in [0.1, 0.15) is 5.75 Å². The average molecular weight is 583 g/mol. The molecule has 0 aliphatic heterocycles. The van der Waals surface area contributed by atoms with Crippen LogP contribution in [-0.2, 0) is 12.6 Å². The lowest BCUT2D eigenvalue weighted by atomic mass is 10.1. The molecule has 0 radical (unpaired) electrons. The van der Waals surface area contributed by atoms with Gasteiger partial charge in [0.2, 0.25) is 0 Å². The highest BCUT2D eigenvalue weighted by molar-refractivity contribution is 9.10. The van der Waals surface area contributed by atoms with Crippen molar-refractivity contribution in [3.8, 4) is 5.75 Å². The van der Waals surface area contributed by atoms with E-state index in [0.717, 1.165) is 18.6 Å². The van der Waals surface area contributed by atoms with E-state index in [1.54, 1.807) is 18.2 Å². The van der Waals surface area contributed by atoms with Crippen LogP contribution in [-0.4, -0.2) is 18.4 Å². The van der Waals surface area contributed by atoms with Gasteiger partial charge in [-0.05, 0) is 82.2 Å². The summed E-state index contributed by atoms with van der Waals surface area (Å²) in [5, 5.41) is 5.20. The van der Waals surface area contributed by atoms with Gasteiger partial charge in [-0.25, -0.2) is 0 Å². The number of hydrogen-bond donors (Lipinski definition) is 2. The highest BCUT2D eigenvalue weighted by atomic mass is 79.9. The molecule has 0 atom stereocenters. The third-order valence-electron chi connectivity index (χ3n) is 5.54. The Morgan fingerprint density at radius 2 is 1.39 bits per heavy atom. The van der Waals surface area contributed by atoms with E-state index in [4.69, 9.17) is 4.74 Å². The first-order valence-electron chi connectivity index (χ1n) is 11.6. The van der Waals surface area contributed by atoms with Crippen molar-refractivity contribution in [2.24, 2.45) is 0 Å². The highest BCUT2D eigenvalue weighted by Crippen LogP contribution is 2.31. The number of ether oxygens (including phenoxy) is 1. The van der Waals surface area contributed by atoms with Gasteiger partial charge in [-0.3, -0.25) is 9.59 Å². The van der Waals surface area contributed by atoms with Crippen LogP contribution in [0.5, 0.6) is 5.75 Å². The molecule has 2 amide bonds. The molecule has 0 spiro atoms. The molecule has 0 aliphatic rings. The Morgan fingerprint density at radius 1 is 0.737 bits per heavy atom. The molecule has 5 nitrogen and oxygen atoms in total. The lowest BCUT2D eigenvalue weighted by Gasteiger charge is -2.11. The molecule has 194 valence electrons. The number of hydrogen-bond acceptors (Lipinski definition) is 3. The van der Waals surface area contributed by atoms with Crippen molar-refractivity contribution in [2.45, 2.75) is 12.6 Å². The van der Waals surface area contributed by atoms with Crippen molar-refractivity contribution in [1.29, 1.82) is 0 Å². The molecule has 0 bridgehead atoms. The van der Waals surface area contributed by atoms with Gasteiger partial charge in [-0.1, -0.05) is 36.4 Å². The van der Waals surface area contributed by atoms with Crippen LogP contribution >= 0.6 is 15.9 Å². The second-order valence-electron chi connectivity index (χ2n) is 8.29. The Morgan fingerprint density at radius 3 is 2.08 bits per heavy atom. The Kier molecular flexibility index (Phi) is 8.48. The number of nitrogens with one attached hydrogen (secondary N) is 2.